The lowest BCUT2D eigenvalue weighted by atomic mass is 10.0. The molecule has 86 valence electrons. The Balaban J connectivity index is 2.43. The van der Waals surface area contributed by atoms with Crippen LogP contribution in [-0.4, -0.2) is 37.1 Å². The van der Waals surface area contributed by atoms with Crippen molar-refractivity contribution in [1.29, 1.82) is 0 Å². The third-order valence-corrected chi connectivity index (χ3v) is 3.08. The summed E-state index contributed by atoms with van der Waals surface area (Å²) in [5.74, 6) is -0.223. The van der Waals surface area contributed by atoms with Gasteiger partial charge in [0, 0.05) is 18.2 Å². The summed E-state index contributed by atoms with van der Waals surface area (Å²) in [5, 5.41) is 0. The van der Waals surface area contributed by atoms with E-state index in [4.69, 9.17) is 0 Å². The molecular weight excluding hydrogens is 190 g/mol. The Kier molecular flexibility index (Phi) is 4.82. The summed E-state index contributed by atoms with van der Waals surface area (Å²) in [6.45, 7) is 6.06. The highest BCUT2D eigenvalue weighted by molar-refractivity contribution is 5.87. The zero-order chi connectivity index (χ0) is 11.3. The van der Waals surface area contributed by atoms with Crippen LogP contribution in [0.15, 0.2) is 11.6 Å². The fourth-order valence-corrected chi connectivity index (χ4v) is 1.93. The van der Waals surface area contributed by atoms with E-state index in [-0.39, 0.29) is 5.97 Å². The molecule has 0 amide bonds. The van der Waals surface area contributed by atoms with E-state index >= 15 is 0 Å². The van der Waals surface area contributed by atoms with Crippen LogP contribution in [0.4, 0.5) is 0 Å². The lowest BCUT2D eigenvalue weighted by Gasteiger charge is -2.32. The molecule has 1 fully saturated rings. The standard InChI is InChI=1S/C12H21NO2/c1-10(12(14)15-3)7-9-13-8-5-4-6-11(13)2/h7,11H,4-6,8-9H2,1-3H3. The van der Waals surface area contributed by atoms with E-state index in [1.54, 1.807) is 6.92 Å². The van der Waals surface area contributed by atoms with Crippen molar-refractivity contribution in [2.45, 2.75) is 39.2 Å². The van der Waals surface area contributed by atoms with Crippen molar-refractivity contribution in [2.24, 2.45) is 0 Å². The van der Waals surface area contributed by atoms with Crippen molar-refractivity contribution < 1.29 is 9.53 Å². The number of ether oxygens (including phenoxy) is 1. The lowest BCUT2D eigenvalue weighted by Crippen LogP contribution is -2.37. The van der Waals surface area contributed by atoms with Crippen molar-refractivity contribution in [2.75, 3.05) is 20.2 Å². The van der Waals surface area contributed by atoms with Crippen molar-refractivity contribution in [3.05, 3.63) is 11.6 Å². The minimum absolute atomic E-state index is 0.223. The molecule has 1 saturated heterocycles. The third-order valence-electron chi connectivity index (χ3n) is 3.08. The number of carbonyl (C=O) groups excluding carboxylic acids is 1. The maximum absolute atomic E-state index is 11.2. The largest absolute Gasteiger partial charge is 0.466 e. The SMILES string of the molecule is COC(=O)C(C)=CCN1CCCCC1C. The van der Waals surface area contributed by atoms with Gasteiger partial charge in [0.2, 0.25) is 0 Å². The number of hydrogen-bond donors (Lipinski definition) is 0. The molecule has 1 unspecified atom stereocenters. The molecule has 1 heterocycles. The van der Waals surface area contributed by atoms with Gasteiger partial charge < -0.3 is 4.74 Å². The monoisotopic (exact) mass is 211 g/mol. The first-order valence-electron chi connectivity index (χ1n) is 5.64. The van der Waals surface area contributed by atoms with Crippen molar-refractivity contribution >= 4 is 5.97 Å². The summed E-state index contributed by atoms with van der Waals surface area (Å²) in [7, 11) is 1.42. The summed E-state index contributed by atoms with van der Waals surface area (Å²) < 4.78 is 4.65. The molecule has 0 spiro atoms. The first kappa shape index (κ1) is 12.2. The summed E-state index contributed by atoms with van der Waals surface area (Å²) in [5.41, 5.74) is 0.704. The molecule has 3 heteroatoms. The van der Waals surface area contributed by atoms with Crippen molar-refractivity contribution in [1.82, 2.24) is 4.90 Å². The summed E-state index contributed by atoms with van der Waals surface area (Å²) in [6.07, 6.45) is 5.84. The normalized spacial score (nSPS) is 23.9. The molecule has 0 bridgehead atoms. The van der Waals surface area contributed by atoms with Gasteiger partial charge in [0.1, 0.15) is 0 Å². The van der Waals surface area contributed by atoms with Gasteiger partial charge in [0.15, 0.2) is 0 Å². The minimum atomic E-state index is -0.223. The molecule has 1 rings (SSSR count). The van der Waals surface area contributed by atoms with Gasteiger partial charge in [-0.15, -0.1) is 0 Å². The highest BCUT2D eigenvalue weighted by Crippen LogP contribution is 2.16. The second-order valence-corrected chi connectivity index (χ2v) is 4.22. The van der Waals surface area contributed by atoms with Crippen LogP contribution in [0.3, 0.4) is 0 Å². The Morgan fingerprint density at radius 2 is 2.27 bits per heavy atom. The Morgan fingerprint density at radius 1 is 1.53 bits per heavy atom. The quantitative estimate of drug-likeness (QED) is 0.528. The van der Waals surface area contributed by atoms with Crippen LogP contribution in [0.5, 0.6) is 0 Å². The van der Waals surface area contributed by atoms with E-state index in [0.29, 0.717) is 11.6 Å². The predicted molar refractivity (Wildman–Crippen MR) is 60.7 cm³/mol. The number of methoxy groups -OCH3 is 1. The Bertz CT molecular complexity index is 248. The van der Waals surface area contributed by atoms with E-state index in [1.807, 2.05) is 6.08 Å². The number of likely N-dealkylation sites (tertiary alicyclic amines) is 1. The van der Waals surface area contributed by atoms with Crippen LogP contribution >= 0.6 is 0 Å². The molecule has 1 aliphatic heterocycles. The molecule has 1 atom stereocenters. The van der Waals surface area contributed by atoms with Crippen molar-refractivity contribution in [3.8, 4) is 0 Å². The van der Waals surface area contributed by atoms with Gasteiger partial charge in [-0.1, -0.05) is 12.5 Å². The Labute approximate surface area is 92.1 Å². The van der Waals surface area contributed by atoms with E-state index < -0.39 is 0 Å². The van der Waals surface area contributed by atoms with Crippen LogP contribution in [0.25, 0.3) is 0 Å². The lowest BCUT2D eigenvalue weighted by molar-refractivity contribution is -0.136. The zero-order valence-corrected chi connectivity index (χ0v) is 9.95. The number of nitrogens with zero attached hydrogens (tertiary/aromatic N) is 1. The van der Waals surface area contributed by atoms with Crippen LogP contribution < -0.4 is 0 Å². The molecule has 3 nitrogen and oxygen atoms in total. The molecule has 0 saturated carbocycles. The molecular formula is C12H21NO2. The van der Waals surface area contributed by atoms with Crippen LogP contribution in [0.1, 0.15) is 33.1 Å². The van der Waals surface area contributed by atoms with E-state index in [9.17, 15) is 4.79 Å². The molecule has 0 radical (unpaired) electrons. The summed E-state index contributed by atoms with van der Waals surface area (Å²) in [6, 6.07) is 0.639. The molecule has 15 heavy (non-hydrogen) atoms. The molecule has 0 N–H and O–H groups in total. The van der Waals surface area contributed by atoms with Gasteiger partial charge in [0.25, 0.3) is 0 Å². The van der Waals surface area contributed by atoms with Gasteiger partial charge >= 0.3 is 5.97 Å². The van der Waals surface area contributed by atoms with Gasteiger partial charge in [-0.25, -0.2) is 4.79 Å². The summed E-state index contributed by atoms with van der Waals surface area (Å²) >= 11 is 0. The molecule has 0 aromatic rings. The molecule has 0 aliphatic carbocycles. The first-order chi connectivity index (χ1) is 7.15. The number of piperidine rings is 1. The minimum Gasteiger partial charge on any atom is -0.466 e. The number of carbonyl (C=O) groups is 1. The van der Waals surface area contributed by atoms with E-state index in [0.717, 1.165) is 13.1 Å². The smallest absolute Gasteiger partial charge is 0.333 e. The van der Waals surface area contributed by atoms with E-state index in [1.165, 1.54) is 26.4 Å². The van der Waals surface area contributed by atoms with E-state index in [2.05, 4.69) is 16.6 Å². The Hall–Kier alpha value is -0.830. The third kappa shape index (κ3) is 3.67. The fraction of sp³-hybridized carbons (Fsp3) is 0.750. The molecule has 0 aromatic carbocycles. The highest BCUT2D eigenvalue weighted by Gasteiger charge is 2.16. The zero-order valence-electron chi connectivity index (χ0n) is 9.95. The average Bonchev–Trinajstić information content (AvgIpc) is 2.26. The van der Waals surface area contributed by atoms with Gasteiger partial charge in [0.05, 0.1) is 7.11 Å². The van der Waals surface area contributed by atoms with Gasteiger partial charge in [-0.2, -0.15) is 0 Å². The average molecular weight is 211 g/mol. The topological polar surface area (TPSA) is 29.5 Å². The first-order valence-corrected chi connectivity index (χ1v) is 5.64. The molecule has 1 aliphatic rings. The summed E-state index contributed by atoms with van der Waals surface area (Å²) in [4.78, 5) is 13.6. The number of rotatable bonds is 3. The second kappa shape index (κ2) is 5.91. The van der Waals surface area contributed by atoms with Crippen LogP contribution in [-0.2, 0) is 9.53 Å². The number of esters is 1. The Morgan fingerprint density at radius 3 is 2.87 bits per heavy atom. The maximum atomic E-state index is 11.2. The fourth-order valence-electron chi connectivity index (χ4n) is 1.93. The van der Waals surface area contributed by atoms with Crippen LogP contribution in [0, 0.1) is 0 Å². The maximum Gasteiger partial charge on any atom is 0.333 e. The number of hydrogen-bond acceptors (Lipinski definition) is 3. The van der Waals surface area contributed by atoms with Gasteiger partial charge in [-0.3, -0.25) is 4.90 Å². The van der Waals surface area contributed by atoms with Gasteiger partial charge in [-0.05, 0) is 33.2 Å². The van der Waals surface area contributed by atoms with Crippen molar-refractivity contribution in [3.63, 3.8) is 0 Å². The predicted octanol–water partition coefficient (Wildman–Crippen LogP) is 1.98. The molecule has 0 aromatic heterocycles. The second-order valence-electron chi connectivity index (χ2n) is 4.22. The van der Waals surface area contributed by atoms with Crippen LogP contribution in [0.2, 0.25) is 0 Å². The highest BCUT2D eigenvalue weighted by atomic mass is 16.5.